The van der Waals surface area contributed by atoms with Gasteiger partial charge in [0, 0.05) is 6.54 Å². The molecule has 2 aromatic rings. The van der Waals surface area contributed by atoms with Gasteiger partial charge in [-0.3, -0.25) is 4.90 Å². The molecule has 128 valence electrons. The lowest BCUT2D eigenvalue weighted by Gasteiger charge is -2.36. The molecule has 0 aromatic heterocycles. The lowest BCUT2D eigenvalue weighted by molar-refractivity contribution is 0.162. The van der Waals surface area contributed by atoms with Crippen molar-refractivity contribution in [3.05, 3.63) is 71.3 Å². The van der Waals surface area contributed by atoms with Gasteiger partial charge in [-0.15, -0.1) is 0 Å². The summed E-state index contributed by atoms with van der Waals surface area (Å²) in [6, 6.07) is 14.6. The number of likely N-dealkylation sites (tertiary alicyclic amines) is 1. The van der Waals surface area contributed by atoms with Crippen LogP contribution in [0.2, 0.25) is 0 Å². The first-order valence-corrected chi connectivity index (χ1v) is 8.58. The van der Waals surface area contributed by atoms with E-state index in [4.69, 9.17) is 5.73 Å². The smallest absolute Gasteiger partial charge is 0.159 e. The SMILES string of the molecule is NCC(c1ccc(F)c(F)c1)C1CCN(Cc2ccccc2)CC1. The quantitative estimate of drug-likeness (QED) is 0.900. The molecule has 0 bridgehead atoms. The van der Waals surface area contributed by atoms with Crippen LogP contribution in [0.25, 0.3) is 0 Å². The predicted molar refractivity (Wildman–Crippen MR) is 92.6 cm³/mol. The van der Waals surface area contributed by atoms with E-state index in [1.54, 1.807) is 6.07 Å². The number of nitrogens with two attached hydrogens (primary N) is 1. The van der Waals surface area contributed by atoms with Crippen LogP contribution in [0, 0.1) is 17.6 Å². The van der Waals surface area contributed by atoms with Gasteiger partial charge in [-0.1, -0.05) is 36.4 Å². The van der Waals surface area contributed by atoms with Crippen molar-refractivity contribution in [3.63, 3.8) is 0 Å². The maximum Gasteiger partial charge on any atom is 0.159 e. The number of halogens is 2. The van der Waals surface area contributed by atoms with Gasteiger partial charge in [0.1, 0.15) is 0 Å². The van der Waals surface area contributed by atoms with Gasteiger partial charge in [-0.05, 0) is 67.6 Å². The molecule has 1 saturated heterocycles. The van der Waals surface area contributed by atoms with Crippen molar-refractivity contribution in [1.82, 2.24) is 4.90 Å². The number of nitrogens with zero attached hydrogens (tertiary/aromatic N) is 1. The number of hydrogen-bond acceptors (Lipinski definition) is 2. The molecular weight excluding hydrogens is 306 g/mol. The monoisotopic (exact) mass is 330 g/mol. The van der Waals surface area contributed by atoms with Gasteiger partial charge in [0.15, 0.2) is 11.6 Å². The van der Waals surface area contributed by atoms with E-state index in [-0.39, 0.29) is 5.92 Å². The van der Waals surface area contributed by atoms with E-state index in [2.05, 4.69) is 29.2 Å². The topological polar surface area (TPSA) is 29.3 Å². The molecule has 1 aliphatic rings. The van der Waals surface area contributed by atoms with Crippen molar-refractivity contribution >= 4 is 0 Å². The number of piperidine rings is 1. The number of rotatable bonds is 5. The van der Waals surface area contributed by atoms with Crippen LogP contribution in [0.4, 0.5) is 8.78 Å². The average molecular weight is 330 g/mol. The average Bonchev–Trinajstić information content (AvgIpc) is 2.61. The lowest BCUT2D eigenvalue weighted by atomic mass is 9.80. The lowest BCUT2D eigenvalue weighted by Crippen LogP contribution is -2.36. The Hall–Kier alpha value is -1.78. The van der Waals surface area contributed by atoms with Crippen LogP contribution in [0.1, 0.15) is 29.9 Å². The van der Waals surface area contributed by atoms with Crippen LogP contribution in [-0.4, -0.2) is 24.5 Å². The molecule has 24 heavy (non-hydrogen) atoms. The maximum absolute atomic E-state index is 13.5. The molecule has 1 heterocycles. The summed E-state index contributed by atoms with van der Waals surface area (Å²) < 4.78 is 26.7. The zero-order valence-electron chi connectivity index (χ0n) is 13.8. The summed E-state index contributed by atoms with van der Waals surface area (Å²) >= 11 is 0. The molecule has 1 aliphatic heterocycles. The first-order chi connectivity index (χ1) is 11.7. The highest BCUT2D eigenvalue weighted by atomic mass is 19.2. The second kappa shape index (κ2) is 7.86. The van der Waals surface area contributed by atoms with Crippen molar-refractivity contribution in [1.29, 1.82) is 0 Å². The standard InChI is InChI=1S/C20H24F2N2/c21-19-7-6-17(12-20(19)22)18(13-23)16-8-10-24(11-9-16)14-15-4-2-1-3-5-15/h1-7,12,16,18H,8-11,13-14,23H2. The highest BCUT2D eigenvalue weighted by Crippen LogP contribution is 2.33. The van der Waals surface area contributed by atoms with Crippen molar-refractivity contribution in [2.45, 2.75) is 25.3 Å². The van der Waals surface area contributed by atoms with Gasteiger partial charge >= 0.3 is 0 Å². The fourth-order valence-electron chi connectivity index (χ4n) is 3.70. The third-order valence-electron chi connectivity index (χ3n) is 5.08. The van der Waals surface area contributed by atoms with Gasteiger partial charge in [-0.2, -0.15) is 0 Å². The molecule has 0 saturated carbocycles. The Bertz CT molecular complexity index is 652. The summed E-state index contributed by atoms with van der Waals surface area (Å²) in [4.78, 5) is 2.45. The van der Waals surface area contributed by atoms with Gasteiger partial charge in [0.2, 0.25) is 0 Å². The molecule has 0 aliphatic carbocycles. The van der Waals surface area contributed by atoms with Crippen molar-refractivity contribution in [3.8, 4) is 0 Å². The first kappa shape index (κ1) is 17.1. The van der Waals surface area contributed by atoms with Crippen molar-refractivity contribution < 1.29 is 8.78 Å². The molecule has 1 fully saturated rings. The summed E-state index contributed by atoms with van der Waals surface area (Å²) in [5.41, 5.74) is 8.10. The van der Waals surface area contributed by atoms with Crippen LogP contribution in [0.5, 0.6) is 0 Å². The third-order valence-corrected chi connectivity index (χ3v) is 5.08. The Labute approximate surface area is 142 Å². The minimum absolute atomic E-state index is 0.0963. The zero-order valence-corrected chi connectivity index (χ0v) is 13.8. The molecule has 1 unspecified atom stereocenters. The second-order valence-corrected chi connectivity index (χ2v) is 6.61. The number of hydrogen-bond donors (Lipinski definition) is 1. The fourth-order valence-corrected chi connectivity index (χ4v) is 3.70. The van der Waals surface area contributed by atoms with Gasteiger partial charge in [0.05, 0.1) is 0 Å². The molecular formula is C20H24F2N2. The summed E-state index contributed by atoms with van der Waals surface area (Å²) in [7, 11) is 0. The normalized spacial score (nSPS) is 17.8. The first-order valence-electron chi connectivity index (χ1n) is 8.58. The van der Waals surface area contributed by atoms with E-state index in [1.165, 1.54) is 17.7 Å². The van der Waals surface area contributed by atoms with Gasteiger partial charge in [-0.25, -0.2) is 8.78 Å². The Morgan fingerprint density at radius 3 is 2.33 bits per heavy atom. The molecule has 0 spiro atoms. The van der Waals surface area contributed by atoms with E-state index in [1.807, 2.05) is 6.07 Å². The Morgan fingerprint density at radius 1 is 1.00 bits per heavy atom. The van der Waals surface area contributed by atoms with E-state index in [0.717, 1.165) is 38.0 Å². The fraction of sp³-hybridized carbons (Fsp3) is 0.400. The second-order valence-electron chi connectivity index (χ2n) is 6.61. The highest BCUT2D eigenvalue weighted by Gasteiger charge is 2.27. The molecule has 3 rings (SSSR count). The summed E-state index contributed by atoms with van der Waals surface area (Å²) in [6.45, 7) is 3.46. The zero-order chi connectivity index (χ0) is 16.9. The summed E-state index contributed by atoms with van der Waals surface area (Å²) in [5.74, 6) is -1.06. The third kappa shape index (κ3) is 4.00. The van der Waals surface area contributed by atoms with Crippen LogP contribution < -0.4 is 5.73 Å². The molecule has 2 N–H and O–H groups in total. The largest absolute Gasteiger partial charge is 0.330 e. The van der Waals surface area contributed by atoms with E-state index in [9.17, 15) is 8.78 Å². The minimum Gasteiger partial charge on any atom is -0.330 e. The van der Waals surface area contributed by atoms with E-state index < -0.39 is 11.6 Å². The Balaban J connectivity index is 1.61. The molecule has 2 aromatic carbocycles. The van der Waals surface area contributed by atoms with Crippen LogP contribution >= 0.6 is 0 Å². The molecule has 1 atom stereocenters. The molecule has 0 amide bonds. The van der Waals surface area contributed by atoms with Crippen LogP contribution in [0.15, 0.2) is 48.5 Å². The Kier molecular flexibility index (Phi) is 5.59. The Morgan fingerprint density at radius 2 is 1.71 bits per heavy atom. The van der Waals surface area contributed by atoms with Crippen molar-refractivity contribution in [2.24, 2.45) is 11.7 Å². The minimum atomic E-state index is -0.799. The maximum atomic E-state index is 13.5. The highest BCUT2D eigenvalue weighted by molar-refractivity contribution is 5.23. The van der Waals surface area contributed by atoms with E-state index >= 15 is 0 Å². The molecule has 0 radical (unpaired) electrons. The van der Waals surface area contributed by atoms with Crippen LogP contribution in [-0.2, 0) is 6.54 Å². The predicted octanol–water partition coefficient (Wildman–Crippen LogP) is 3.92. The molecule has 4 heteroatoms. The summed E-state index contributed by atoms with van der Waals surface area (Å²) in [6.07, 6.45) is 2.07. The van der Waals surface area contributed by atoms with Gasteiger partial charge < -0.3 is 5.73 Å². The van der Waals surface area contributed by atoms with Crippen LogP contribution in [0.3, 0.4) is 0 Å². The van der Waals surface area contributed by atoms with Gasteiger partial charge in [0.25, 0.3) is 0 Å². The van der Waals surface area contributed by atoms with Crippen molar-refractivity contribution in [2.75, 3.05) is 19.6 Å². The van der Waals surface area contributed by atoms with E-state index in [0.29, 0.717) is 12.5 Å². The number of benzene rings is 2. The molecule has 2 nitrogen and oxygen atoms in total. The summed E-state index contributed by atoms with van der Waals surface area (Å²) in [5, 5.41) is 0.